The third-order valence-electron chi connectivity index (χ3n) is 3.43. The van der Waals surface area contributed by atoms with Crippen molar-refractivity contribution in [2.45, 2.75) is 26.1 Å². The van der Waals surface area contributed by atoms with Crippen molar-refractivity contribution >= 4 is 5.97 Å². The Hall–Kier alpha value is -2.10. The van der Waals surface area contributed by atoms with Crippen molar-refractivity contribution in [3.05, 3.63) is 24.3 Å². The topological polar surface area (TPSA) is 77.8 Å². The Morgan fingerprint density at radius 3 is 2.41 bits per heavy atom. The number of benzene rings is 1. The Bertz CT molecular complexity index is 541. The maximum Gasteiger partial charge on any atom is 0.336 e. The number of esters is 1. The summed E-state index contributed by atoms with van der Waals surface area (Å²) in [7, 11) is 1.55. The van der Waals surface area contributed by atoms with E-state index in [2.05, 4.69) is 0 Å². The number of carbonyl (C=O) groups is 1. The number of hydrogen-bond donors (Lipinski definition) is 0. The van der Waals surface area contributed by atoms with E-state index in [-0.39, 0.29) is 19.5 Å². The van der Waals surface area contributed by atoms with Crippen LogP contribution in [-0.4, -0.2) is 32.6 Å². The quantitative estimate of drug-likeness (QED) is 0.613. The van der Waals surface area contributed by atoms with E-state index >= 15 is 0 Å². The molecule has 0 spiro atoms. The van der Waals surface area contributed by atoms with Gasteiger partial charge < -0.3 is 18.9 Å². The van der Waals surface area contributed by atoms with Gasteiger partial charge in [0.05, 0.1) is 26.4 Å². The average Bonchev–Trinajstić information content (AvgIpc) is 2.56. The first kappa shape index (κ1) is 16.3. The summed E-state index contributed by atoms with van der Waals surface area (Å²) < 4.78 is 21.2. The van der Waals surface area contributed by atoms with Crippen LogP contribution in [0.25, 0.3) is 0 Å². The average molecular weight is 305 g/mol. The van der Waals surface area contributed by atoms with Crippen LogP contribution in [0.3, 0.4) is 0 Å². The fourth-order valence-corrected chi connectivity index (χ4v) is 2.04. The highest BCUT2D eigenvalue weighted by Gasteiger charge is 2.46. The van der Waals surface area contributed by atoms with Gasteiger partial charge >= 0.3 is 5.97 Å². The lowest BCUT2D eigenvalue weighted by Crippen LogP contribution is -2.48. The fraction of sp³-hybridized carbons (Fsp3) is 0.500. The fourth-order valence-electron chi connectivity index (χ4n) is 2.04. The predicted octanol–water partition coefficient (Wildman–Crippen LogP) is 2.28. The minimum Gasteiger partial charge on any atom is -0.497 e. The summed E-state index contributed by atoms with van der Waals surface area (Å²) in [5, 5.41) is 9.36. The second-order valence-electron chi connectivity index (χ2n) is 5.10. The maximum atomic E-state index is 12.3. The molecule has 0 aliphatic carbocycles. The van der Waals surface area contributed by atoms with Crippen LogP contribution in [0.4, 0.5) is 0 Å². The predicted molar refractivity (Wildman–Crippen MR) is 77.3 cm³/mol. The van der Waals surface area contributed by atoms with E-state index in [4.69, 9.17) is 18.9 Å². The maximum absolute atomic E-state index is 12.3. The molecule has 6 heteroatoms. The molecule has 0 saturated carbocycles. The summed E-state index contributed by atoms with van der Waals surface area (Å²) in [6, 6.07) is 8.53. The van der Waals surface area contributed by atoms with Crippen molar-refractivity contribution < 1.29 is 23.7 Å². The van der Waals surface area contributed by atoms with E-state index in [1.54, 1.807) is 31.4 Å². The van der Waals surface area contributed by atoms with Gasteiger partial charge in [0.15, 0.2) is 6.29 Å². The van der Waals surface area contributed by atoms with Gasteiger partial charge in [-0.2, -0.15) is 5.26 Å². The lowest BCUT2D eigenvalue weighted by molar-refractivity contribution is -0.222. The zero-order valence-corrected chi connectivity index (χ0v) is 12.7. The van der Waals surface area contributed by atoms with Crippen LogP contribution in [0, 0.1) is 16.7 Å². The summed E-state index contributed by atoms with van der Waals surface area (Å²) >= 11 is 0. The molecule has 0 radical (unpaired) electrons. The molecule has 6 nitrogen and oxygen atoms in total. The van der Waals surface area contributed by atoms with E-state index in [9.17, 15) is 10.1 Å². The Labute approximate surface area is 129 Å². The molecule has 1 aromatic carbocycles. The monoisotopic (exact) mass is 305 g/mol. The molecule has 1 aliphatic heterocycles. The van der Waals surface area contributed by atoms with Crippen LogP contribution in [-0.2, 0) is 14.3 Å². The molecule has 1 heterocycles. The first-order valence-corrected chi connectivity index (χ1v) is 7.14. The van der Waals surface area contributed by atoms with Crippen LogP contribution >= 0.6 is 0 Å². The van der Waals surface area contributed by atoms with Gasteiger partial charge in [-0.05, 0) is 30.7 Å². The van der Waals surface area contributed by atoms with Gasteiger partial charge in [0.25, 0.3) is 0 Å². The molecule has 0 N–H and O–H groups in total. The van der Waals surface area contributed by atoms with Gasteiger partial charge in [0, 0.05) is 0 Å². The minimum absolute atomic E-state index is 0.0246. The second kappa shape index (κ2) is 7.25. The molecule has 1 aliphatic rings. The minimum atomic E-state index is -1.43. The van der Waals surface area contributed by atoms with Crippen molar-refractivity contribution in [2.24, 2.45) is 5.41 Å². The highest BCUT2D eigenvalue weighted by molar-refractivity contribution is 5.82. The van der Waals surface area contributed by atoms with Gasteiger partial charge in [-0.15, -0.1) is 0 Å². The molecule has 1 aromatic rings. The van der Waals surface area contributed by atoms with E-state index in [1.165, 1.54) is 0 Å². The van der Waals surface area contributed by atoms with E-state index < -0.39 is 11.4 Å². The normalized spacial score (nSPS) is 24.3. The summed E-state index contributed by atoms with van der Waals surface area (Å²) in [5.41, 5.74) is -1.43. The van der Waals surface area contributed by atoms with Gasteiger partial charge in [-0.25, -0.2) is 4.79 Å². The lowest BCUT2D eigenvalue weighted by atomic mass is 9.91. The zero-order chi connectivity index (χ0) is 16.0. The number of rotatable bonds is 5. The molecular weight excluding hydrogens is 286 g/mol. The first-order chi connectivity index (χ1) is 10.6. The van der Waals surface area contributed by atoms with E-state index in [0.717, 1.165) is 12.8 Å². The third kappa shape index (κ3) is 3.56. The number of nitriles is 1. The Kier molecular flexibility index (Phi) is 5.36. The molecule has 0 unspecified atom stereocenters. The number of hydrogen-bond acceptors (Lipinski definition) is 6. The van der Waals surface area contributed by atoms with Crippen molar-refractivity contribution in [1.82, 2.24) is 0 Å². The second-order valence-corrected chi connectivity index (χ2v) is 5.10. The number of nitrogens with zero attached hydrogens (tertiary/aromatic N) is 1. The molecule has 1 fully saturated rings. The SMILES string of the molecule is CCC[C@H]1OC[C@@](C#N)(C(=O)Oc2ccc(OC)cc2)CO1. The Balaban J connectivity index is 2.01. The molecule has 2 rings (SSSR count). The third-order valence-corrected chi connectivity index (χ3v) is 3.43. The van der Waals surface area contributed by atoms with Crippen LogP contribution in [0.1, 0.15) is 19.8 Å². The highest BCUT2D eigenvalue weighted by Crippen LogP contribution is 2.28. The zero-order valence-electron chi connectivity index (χ0n) is 12.7. The van der Waals surface area contributed by atoms with Crippen LogP contribution in [0.15, 0.2) is 24.3 Å². The molecule has 0 amide bonds. The van der Waals surface area contributed by atoms with Crippen LogP contribution < -0.4 is 9.47 Å². The lowest BCUT2D eigenvalue weighted by Gasteiger charge is -2.33. The van der Waals surface area contributed by atoms with E-state index in [1.807, 2.05) is 13.0 Å². The van der Waals surface area contributed by atoms with Crippen molar-refractivity contribution in [3.63, 3.8) is 0 Å². The highest BCUT2D eigenvalue weighted by atomic mass is 16.7. The van der Waals surface area contributed by atoms with Crippen LogP contribution in [0.2, 0.25) is 0 Å². The van der Waals surface area contributed by atoms with Gasteiger partial charge in [-0.3, -0.25) is 0 Å². The standard InChI is InChI=1S/C16H19NO5/c1-3-4-14-20-10-16(9-17,11-21-14)15(18)22-13-7-5-12(19-2)6-8-13/h5-8,14H,3-4,10-11H2,1-2H3/t14-,16+. The van der Waals surface area contributed by atoms with Gasteiger partial charge in [0.2, 0.25) is 5.41 Å². The molecule has 0 aromatic heterocycles. The number of ether oxygens (including phenoxy) is 4. The summed E-state index contributed by atoms with van der Waals surface area (Å²) in [4.78, 5) is 12.3. The van der Waals surface area contributed by atoms with E-state index in [0.29, 0.717) is 11.5 Å². The van der Waals surface area contributed by atoms with Crippen LogP contribution in [0.5, 0.6) is 11.5 Å². The molecule has 0 bridgehead atoms. The van der Waals surface area contributed by atoms with Gasteiger partial charge in [-0.1, -0.05) is 13.3 Å². The van der Waals surface area contributed by atoms with Crippen molar-refractivity contribution in [3.8, 4) is 17.6 Å². The Morgan fingerprint density at radius 1 is 1.32 bits per heavy atom. The number of methoxy groups -OCH3 is 1. The summed E-state index contributed by atoms with van der Waals surface area (Å²) in [6.07, 6.45) is 1.27. The molecular formula is C16H19NO5. The first-order valence-electron chi connectivity index (χ1n) is 7.14. The summed E-state index contributed by atoms with van der Waals surface area (Å²) in [5.74, 6) is 0.327. The van der Waals surface area contributed by atoms with Crippen molar-refractivity contribution in [1.29, 1.82) is 5.26 Å². The summed E-state index contributed by atoms with van der Waals surface area (Å²) in [6.45, 7) is 1.96. The molecule has 1 saturated heterocycles. The largest absolute Gasteiger partial charge is 0.497 e. The smallest absolute Gasteiger partial charge is 0.336 e. The molecule has 22 heavy (non-hydrogen) atoms. The number of carbonyl (C=O) groups excluding carboxylic acids is 1. The molecule has 118 valence electrons. The van der Waals surface area contributed by atoms with Crippen molar-refractivity contribution in [2.75, 3.05) is 20.3 Å². The molecule has 0 atom stereocenters. The van der Waals surface area contributed by atoms with Gasteiger partial charge in [0.1, 0.15) is 11.5 Å². The Morgan fingerprint density at radius 2 is 1.91 bits per heavy atom.